The molecule has 0 aliphatic heterocycles. The first kappa shape index (κ1) is 10.2. The lowest BCUT2D eigenvalue weighted by Gasteiger charge is -2.02. The highest BCUT2D eigenvalue weighted by Crippen LogP contribution is 2.17. The van der Waals surface area contributed by atoms with Gasteiger partial charge in [0.15, 0.2) is 5.76 Å². The molecule has 0 unspecified atom stereocenters. The zero-order chi connectivity index (χ0) is 10.7. The molecule has 15 heavy (non-hydrogen) atoms. The van der Waals surface area contributed by atoms with Crippen LogP contribution < -0.4 is 4.74 Å². The van der Waals surface area contributed by atoms with Gasteiger partial charge in [-0.2, -0.15) is 0 Å². The van der Waals surface area contributed by atoms with Crippen LogP contribution >= 0.6 is 15.9 Å². The fourth-order valence-electron chi connectivity index (χ4n) is 1.17. The topological polar surface area (TPSA) is 35.3 Å². The molecule has 1 aromatic heterocycles. The van der Waals surface area contributed by atoms with Gasteiger partial charge in [-0.1, -0.05) is 21.1 Å². The first-order valence-corrected chi connectivity index (χ1v) is 5.34. The Morgan fingerprint density at radius 3 is 2.67 bits per heavy atom. The molecular weight excluding hydrogens is 258 g/mol. The maximum atomic E-state index is 5.51. The van der Waals surface area contributed by atoms with Gasteiger partial charge in [0.1, 0.15) is 12.4 Å². The van der Waals surface area contributed by atoms with Gasteiger partial charge >= 0.3 is 0 Å². The smallest absolute Gasteiger partial charge is 0.174 e. The highest BCUT2D eigenvalue weighted by atomic mass is 79.9. The van der Waals surface area contributed by atoms with Crippen molar-refractivity contribution in [1.82, 2.24) is 5.16 Å². The average Bonchev–Trinajstić information content (AvgIpc) is 2.64. The third-order valence-electron chi connectivity index (χ3n) is 1.87. The number of benzene rings is 1. The molecule has 0 aliphatic rings. The van der Waals surface area contributed by atoms with E-state index in [0.29, 0.717) is 6.61 Å². The van der Waals surface area contributed by atoms with Gasteiger partial charge in [-0.3, -0.25) is 0 Å². The Labute approximate surface area is 96.2 Å². The monoisotopic (exact) mass is 267 g/mol. The van der Waals surface area contributed by atoms with Crippen molar-refractivity contribution < 1.29 is 9.26 Å². The number of hydrogen-bond donors (Lipinski definition) is 0. The molecule has 1 aromatic carbocycles. The molecule has 0 aliphatic carbocycles. The van der Waals surface area contributed by atoms with Crippen LogP contribution in [0.5, 0.6) is 5.75 Å². The average molecular weight is 268 g/mol. The number of hydrogen-bond acceptors (Lipinski definition) is 3. The molecule has 0 saturated carbocycles. The minimum Gasteiger partial charge on any atom is -0.486 e. The molecule has 0 atom stereocenters. The van der Waals surface area contributed by atoms with E-state index in [0.717, 1.165) is 21.7 Å². The predicted octanol–water partition coefficient (Wildman–Crippen LogP) is 3.32. The molecule has 0 bridgehead atoms. The number of rotatable bonds is 3. The largest absolute Gasteiger partial charge is 0.486 e. The molecule has 0 spiro atoms. The molecule has 4 heteroatoms. The lowest BCUT2D eigenvalue weighted by molar-refractivity contribution is 0.249. The molecule has 0 amide bonds. The maximum Gasteiger partial charge on any atom is 0.174 e. The summed E-state index contributed by atoms with van der Waals surface area (Å²) in [5.41, 5.74) is 0.865. The van der Waals surface area contributed by atoms with Gasteiger partial charge in [0.05, 0.1) is 5.69 Å². The molecule has 2 rings (SSSR count). The number of aromatic nitrogens is 1. The fraction of sp³-hybridized carbons (Fsp3) is 0.182. The van der Waals surface area contributed by atoms with E-state index in [2.05, 4.69) is 21.1 Å². The van der Waals surface area contributed by atoms with Crippen molar-refractivity contribution >= 4 is 15.9 Å². The molecule has 2 aromatic rings. The Morgan fingerprint density at radius 2 is 2.07 bits per heavy atom. The SMILES string of the molecule is Cc1cc(COc2ccc(Br)cc2)on1. The molecule has 0 N–H and O–H groups in total. The van der Waals surface area contributed by atoms with E-state index in [9.17, 15) is 0 Å². The van der Waals surface area contributed by atoms with Crippen LogP contribution in [0, 0.1) is 6.92 Å². The van der Waals surface area contributed by atoms with E-state index in [4.69, 9.17) is 9.26 Å². The van der Waals surface area contributed by atoms with E-state index in [-0.39, 0.29) is 0 Å². The number of nitrogens with zero attached hydrogens (tertiary/aromatic N) is 1. The summed E-state index contributed by atoms with van der Waals surface area (Å²) in [7, 11) is 0. The van der Waals surface area contributed by atoms with E-state index in [1.54, 1.807) is 0 Å². The van der Waals surface area contributed by atoms with Gasteiger partial charge in [-0.25, -0.2) is 0 Å². The number of halogens is 1. The summed E-state index contributed by atoms with van der Waals surface area (Å²) in [6.07, 6.45) is 0. The normalized spacial score (nSPS) is 10.3. The Hall–Kier alpha value is -1.29. The van der Waals surface area contributed by atoms with Crippen LogP contribution in [-0.2, 0) is 6.61 Å². The van der Waals surface area contributed by atoms with Crippen LogP contribution in [0.2, 0.25) is 0 Å². The summed E-state index contributed by atoms with van der Waals surface area (Å²) >= 11 is 3.36. The van der Waals surface area contributed by atoms with Crippen LogP contribution in [0.1, 0.15) is 11.5 Å². The Balaban J connectivity index is 1.96. The first-order chi connectivity index (χ1) is 7.24. The summed E-state index contributed by atoms with van der Waals surface area (Å²) in [6.45, 7) is 2.29. The molecular formula is C11H10BrNO2. The molecule has 0 fully saturated rings. The zero-order valence-electron chi connectivity index (χ0n) is 8.24. The fourth-order valence-corrected chi connectivity index (χ4v) is 1.43. The summed E-state index contributed by atoms with van der Waals surface area (Å²) in [5, 5.41) is 3.78. The second kappa shape index (κ2) is 4.49. The van der Waals surface area contributed by atoms with Crippen LogP contribution in [0.25, 0.3) is 0 Å². The quantitative estimate of drug-likeness (QED) is 0.856. The summed E-state index contributed by atoms with van der Waals surface area (Å²) < 4.78 is 11.6. The lowest BCUT2D eigenvalue weighted by atomic mass is 10.3. The van der Waals surface area contributed by atoms with Gasteiger partial charge in [0.2, 0.25) is 0 Å². The first-order valence-electron chi connectivity index (χ1n) is 4.54. The second-order valence-corrected chi connectivity index (χ2v) is 4.09. The number of aryl methyl sites for hydroxylation is 1. The van der Waals surface area contributed by atoms with Crippen molar-refractivity contribution in [1.29, 1.82) is 0 Å². The second-order valence-electron chi connectivity index (χ2n) is 3.18. The van der Waals surface area contributed by atoms with Crippen LogP contribution in [0.3, 0.4) is 0 Å². The zero-order valence-corrected chi connectivity index (χ0v) is 9.82. The maximum absolute atomic E-state index is 5.51. The molecule has 78 valence electrons. The molecule has 1 heterocycles. The molecule has 0 radical (unpaired) electrons. The summed E-state index contributed by atoms with van der Waals surface area (Å²) in [5.74, 6) is 1.54. The number of ether oxygens (including phenoxy) is 1. The van der Waals surface area contributed by atoms with E-state index in [1.807, 2.05) is 37.3 Å². The third-order valence-corrected chi connectivity index (χ3v) is 2.40. The Morgan fingerprint density at radius 1 is 1.33 bits per heavy atom. The lowest BCUT2D eigenvalue weighted by Crippen LogP contribution is -1.93. The molecule has 0 saturated heterocycles. The Bertz CT molecular complexity index is 436. The predicted molar refractivity (Wildman–Crippen MR) is 59.7 cm³/mol. The van der Waals surface area contributed by atoms with Crippen molar-refractivity contribution in [2.45, 2.75) is 13.5 Å². The van der Waals surface area contributed by atoms with Crippen LogP contribution in [0.4, 0.5) is 0 Å². The van der Waals surface area contributed by atoms with Gasteiger partial charge in [-0.05, 0) is 31.2 Å². The van der Waals surface area contributed by atoms with Crippen LogP contribution in [0.15, 0.2) is 39.3 Å². The summed E-state index contributed by atoms with van der Waals surface area (Å²) in [6, 6.07) is 9.52. The minimum absolute atomic E-state index is 0.405. The standard InChI is InChI=1S/C11H10BrNO2/c1-8-6-11(15-13-8)7-14-10-4-2-9(12)3-5-10/h2-6H,7H2,1H3. The highest BCUT2D eigenvalue weighted by molar-refractivity contribution is 9.10. The van der Waals surface area contributed by atoms with E-state index in [1.165, 1.54) is 0 Å². The van der Waals surface area contributed by atoms with Crippen molar-refractivity contribution in [2.24, 2.45) is 0 Å². The Kier molecular flexibility index (Phi) is 3.06. The van der Waals surface area contributed by atoms with Crippen molar-refractivity contribution in [3.05, 3.63) is 46.3 Å². The third kappa shape index (κ3) is 2.83. The van der Waals surface area contributed by atoms with Crippen molar-refractivity contribution in [2.75, 3.05) is 0 Å². The van der Waals surface area contributed by atoms with Gasteiger partial charge < -0.3 is 9.26 Å². The van der Waals surface area contributed by atoms with Crippen LogP contribution in [-0.4, -0.2) is 5.16 Å². The molecule has 3 nitrogen and oxygen atoms in total. The summed E-state index contributed by atoms with van der Waals surface area (Å²) in [4.78, 5) is 0. The van der Waals surface area contributed by atoms with E-state index < -0.39 is 0 Å². The minimum atomic E-state index is 0.405. The van der Waals surface area contributed by atoms with Gasteiger partial charge in [0.25, 0.3) is 0 Å². The van der Waals surface area contributed by atoms with Gasteiger partial charge in [-0.15, -0.1) is 0 Å². The van der Waals surface area contributed by atoms with Crippen molar-refractivity contribution in [3.8, 4) is 5.75 Å². The van der Waals surface area contributed by atoms with Gasteiger partial charge in [0, 0.05) is 10.5 Å². The highest BCUT2D eigenvalue weighted by Gasteiger charge is 2.01. The van der Waals surface area contributed by atoms with Crippen molar-refractivity contribution in [3.63, 3.8) is 0 Å². The van der Waals surface area contributed by atoms with E-state index >= 15 is 0 Å².